The molecule has 0 bridgehead atoms. The van der Waals surface area contributed by atoms with Crippen LogP contribution in [0.25, 0.3) is 0 Å². The molecule has 0 aliphatic heterocycles. The van der Waals surface area contributed by atoms with Crippen molar-refractivity contribution >= 4 is 13.1 Å². The summed E-state index contributed by atoms with van der Waals surface area (Å²) < 4.78 is 16.3. The summed E-state index contributed by atoms with van der Waals surface area (Å²) >= 11 is 0. The molecule has 0 atom stereocenters. The number of carbonyl (C=O) groups is 1. The molecule has 94 valence electrons. The van der Waals surface area contributed by atoms with Crippen LogP contribution >= 0.6 is 7.14 Å². The Bertz CT molecular complexity index is 278. The zero-order valence-electron chi connectivity index (χ0n) is 10.6. The number of ether oxygens (including phenoxy) is 1. The maximum absolute atomic E-state index is 11.4. The largest absolute Gasteiger partial charge is 0.462 e. The Morgan fingerprint density at radius 1 is 1.19 bits per heavy atom. The number of hydrogen-bond donors (Lipinski definition) is 0. The maximum Gasteiger partial charge on any atom is 0.333 e. The highest BCUT2D eigenvalue weighted by molar-refractivity contribution is 7.62. The van der Waals surface area contributed by atoms with Gasteiger partial charge in [-0.15, -0.1) is 0 Å². The molecule has 0 N–H and O–H groups in total. The lowest BCUT2D eigenvalue weighted by Crippen LogP contribution is -2.06. The van der Waals surface area contributed by atoms with Gasteiger partial charge in [-0.1, -0.05) is 19.4 Å². The fourth-order valence-electron chi connectivity index (χ4n) is 1.24. The van der Waals surface area contributed by atoms with Gasteiger partial charge in [0.1, 0.15) is 0 Å². The Kier molecular flexibility index (Phi) is 7.40. The predicted molar refractivity (Wildman–Crippen MR) is 68.6 cm³/mol. The molecule has 0 unspecified atom stereocenters. The number of esters is 1. The summed E-state index contributed by atoms with van der Waals surface area (Å²) in [7, 11) is -1.85. The molecule has 0 aromatic heterocycles. The standard InChI is InChI=1S/C12H23O3P/c1-11(2)12(13)15-9-7-5-6-8-10-16(3,4)14/h1,5-10H2,2-4H3. The van der Waals surface area contributed by atoms with Crippen LogP contribution in [0.4, 0.5) is 0 Å². The third-order valence-electron chi connectivity index (χ3n) is 2.17. The van der Waals surface area contributed by atoms with Crippen LogP contribution in [-0.4, -0.2) is 32.1 Å². The smallest absolute Gasteiger partial charge is 0.333 e. The van der Waals surface area contributed by atoms with Crippen LogP contribution in [-0.2, 0) is 14.1 Å². The zero-order valence-corrected chi connectivity index (χ0v) is 11.5. The summed E-state index contributed by atoms with van der Waals surface area (Å²) in [6.45, 7) is 9.25. The molecule has 0 aromatic carbocycles. The first-order valence-corrected chi connectivity index (χ1v) is 8.48. The SMILES string of the molecule is C=C(C)C(=O)OCCCCCCP(C)(C)=O. The quantitative estimate of drug-likeness (QED) is 0.286. The number of unbranched alkanes of at least 4 members (excludes halogenated alkanes) is 3. The molecule has 0 heterocycles. The monoisotopic (exact) mass is 246 g/mol. The summed E-state index contributed by atoms with van der Waals surface area (Å²) in [4.78, 5) is 11.0. The minimum atomic E-state index is -1.85. The average molecular weight is 246 g/mol. The van der Waals surface area contributed by atoms with Crippen molar-refractivity contribution in [3.63, 3.8) is 0 Å². The van der Waals surface area contributed by atoms with E-state index < -0.39 is 7.14 Å². The first kappa shape index (κ1) is 15.4. The lowest BCUT2D eigenvalue weighted by Gasteiger charge is -2.06. The molecule has 3 nitrogen and oxygen atoms in total. The van der Waals surface area contributed by atoms with Crippen LogP contribution < -0.4 is 0 Å². The first-order chi connectivity index (χ1) is 7.33. The zero-order chi connectivity index (χ0) is 12.6. The van der Waals surface area contributed by atoms with E-state index in [2.05, 4.69) is 6.58 Å². The molecule has 0 saturated carbocycles. The Morgan fingerprint density at radius 3 is 2.25 bits per heavy atom. The molecule has 16 heavy (non-hydrogen) atoms. The molecule has 0 amide bonds. The molecule has 0 aliphatic rings. The Balaban J connectivity index is 3.32. The topological polar surface area (TPSA) is 43.4 Å². The molecule has 0 rings (SSSR count). The molecule has 0 aromatic rings. The maximum atomic E-state index is 11.4. The Labute approximate surface area is 98.6 Å². The molecular weight excluding hydrogens is 223 g/mol. The lowest BCUT2D eigenvalue weighted by atomic mass is 10.2. The van der Waals surface area contributed by atoms with Gasteiger partial charge in [0.25, 0.3) is 0 Å². The second kappa shape index (κ2) is 7.67. The lowest BCUT2D eigenvalue weighted by molar-refractivity contribution is -0.139. The van der Waals surface area contributed by atoms with Crippen LogP contribution in [0, 0.1) is 0 Å². The van der Waals surface area contributed by atoms with Gasteiger partial charge in [0.2, 0.25) is 0 Å². The van der Waals surface area contributed by atoms with Gasteiger partial charge in [-0.25, -0.2) is 4.79 Å². The molecule has 0 radical (unpaired) electrons. The minimum absolute atomic E-state index is 0.313. The van der Waals surface area contributed by atoms with Crippen molar-refractivity contribution in [2.24, 2.45) is 0 Å². The summed E-state index contributed by atoms with van der Waals surface area (Å²) in [5.41, 5.74) is 0.443. The second-order valence-electron chi connectivity index (χ2n) is 4.63. The van der Waals surface area contributed by atoms with Crippen LogP contribution in [0.2, 0.25) is 0 Å². The molecule has 4 heteroatoms. The van der Waals surface area contributed by atoms with Crippen LogP contribution in [0.1, 0.15) is 32.6 Å². The fourth-order valence-corrected chi connectivity index (χ4v) is 2.22. The molecule has 0 saturated heterocycles. The van der Waals surface area contributed by atoms with Crippen molar-refractivity contribution in [1.82, 2.24) is 0 Å². The van der Waals surface area contributed by atoms with Crippen molar-refractivity contribution in [2.45, 2.75) is 32.6 Å². The van der Waals surface area contributed by atoms with Crippen LogP contribution in [0.15, 0.2) is 12.2 Å². The van der Waals surface area contributed by atoms with Crippen molar-refractivity contribution < 1.29 is 14.1 Å². The predicted octanol–water partition coefficient (Wildman–Crippen LogP) is 3.29. The highest BCUT2D eigenvalue weighted by Crippen LogP contribution is 2.36. The number of hydrogen-bond acceptors (Lipinski definition) is 3. The highest BCUT2D eigenvalue weighted by Gasteiger charge is 2.06. The van der Waals surface area contributed by atoms with Gasteiger partial charge < -0.3 is 9.30 Å². The summed E-state index contributed by atoms with van der Waals surface area (Å²) in [5, 5.41) is 0. The van der Waals surface area contributed by atoms with Gasteiger partial charge in [0.05, 0.1) is 13.7 Å². The molecular formula is C12H23O3P. The number of rotatable bonds is 8. The first-order valence-electron chi connectivity index (χ1n) is 5.69. The van der Waals surface area contributed by atoms with Crippen molar-refractivity contribution in [1.29, 1.82) is 0 Å². The van der Waals surface area contributed by atoms with Crippen LogP contribution in [0.5, 0.6) is 0 Å². The van der Waals surface area contributed by atoms with E-state index in [1.165, 1.54) is 0 Å². The van der Waals surface area contributed by atoms with Crippen molar-refractivity contribution in [3.8, 4) is 0 Å². The third-order valence-corrected chi connectivity index (χ3v) is 3.57. The molecule has 0 fully saturated rings. The van der Waals surface area contributed by atoms with E-state index in [-0.39, 0.29) is 5.97 Å². The van der Waals surface area contributed by atoms with Gasteiger partial charge >= 0.3 is 5.97 Å². The van der Waals surface area contributed by atoms with E-state index >= 15 is 0 Å². The number of carbonyl (C=O) groups excluding carboxylic acids is 1. The van der Waals surface area contributed by atoms with Gasteiger partial charge in [-0.2, -0.15) is 0 Å². The normalized spacial score (nSPS) is 11.2. The Morgan fingerprint density at radius 2 is 1.75 bits per heavy atom. The van der Waals surface area contributed by atoms with E-state index in [0.29, 0.717) is 12.2 Å². The summed E-state index contributed by atoms with van der Waals surface area (Å²) in [6, 6.07) is 0. The van der Waals surface area contributed by atoms with Crippen LogP contribution in [0.3, 0.4) is 0 Å². The van der Waals surface area contributed by atoms with E-state index in [0.717, 1.165) is 31.8 Å². The average Bonchev–Trinajstić information content (AvgIpc) is 2.14. The summed E-state index contributed by atoms with van der Waals surface area (Å²) in [5.74, 6) is -0.313. The third kappa shape index (κ3) is 9.97. The second-order valence-corrected chi connectivity index (χ2v) is 8.22. The van der Waals surface area contributed by atoms with E-state index in [1.54, 1.807) is 6.92 Å². The van der Waals surface area contributed by atoms with E-state index in [1.807, 2.05) is 13.3 Å². The fraction of sp³-hybridized carbons (Fsp3) is 0.750. The van der Waals surface area contributed by atoms with Crippen molar-refractivity contribution in [3.05, 3.63) is 12.2 Å². The summed E-state index contributed by atoms with van der Waals surface area (Å²) in [6.07, 6.45) is 4.76. The van der Waals surface area contributed by atoms with Crippen molar-refractivity contribution in [2.75, 3.05) is 26.1 Å². The molecule has 0 spiro atoms. The van der Waals surface area contributed by atoms with Gasteiger partial charge in [-0.05, 0) is 33.1 Å². The highest BCUT2D eigenvalue weighted by atomic mass is 31.2. The van der Waals surface area contributed by atoms with E-state index in [4.69, 9.17) is 4.74 Å². The minimum Gasteiger partial charge on any atom is -0.462 e. The Hall–Kier alpha value is -0.560. The van der Waals surface area contributed by atoms with Gasteiger partial charge in [0.15, 0.2) is 0 Å². The van der Waals surface area contributed by atoms with E-state index in [9.17, 15) is 9.36 Å². The molecule has 0 aliphatic carbocycles. The van der Waals surface area contributed by atoms with Gasteiger partial charge in [-0.3, -0.25) is 0 Å². The van der Waals surface area contributed by atoms with Gasteiger partial charge in [0, 0.05) is 11.7 Å².